The Morgan fingerprint density at radius 2 is 2.14 bits per heavy atom. The summed E-state index contributed by atoms with van der Waals surface area (Å²) in [7, 11) is 0. The minimum Gasteiger partial charge on any atom is -0.396 e. The molecule has 4 heteroatoms. The highest BCUT2D eigenvalue weighted by Crippen LogP contribution is 2.25. The number of nitrogens with zero attached hydrogens (tertiary/aromatic N) is 1. The zero-order chi connectivity index (χ0) is 15.7. The monoisotopic (exact) mass is 300 g/mol. The largest absolute Gasteiger partial charge is 0.396 e. The number of hydrogen-bond donors (Lipinski definition) is 2. The molecule has 1 atom stereocenters. The molecule has 1 amide bonds. The number of carbonyl (C=O) groups is 1. The molecule has 1 aromatic carbocycles. The van der Waals surface area contributed by atoms with Crippen molar-refractivity contribution in [2.75, 3.05) is 13.2 Å². The van der Waals surface area contributed by atoms with E-state index in [1.54, 1.807) is 0 Å². The topological polar surface area (TPSA) is 56.3 Å². The van der Waals surface area contributed by atoms with Crippen LogP contribution in [0.4, 0.5) is 0 Å². The number of aromatic nitrogens is 1. The predicted molar refractivity (Wildman–Crippen MR) is 88.2 cm³/mol. The van der Waals surface area contributed by atoms with E-state index in [1.165, 1.54) is 11.1 Å². The standard InChI is InChI=1S/C18H24N2O2/c1-12-9-13(2)15-11-17(19-16(15)10-12)18(22)20-7-4-3-5-14(20)6-8-21/h9-11,14,19,21H,3-8H2,1-2H3. The maximum absolute atomic E-state index is 12.9. The van der Waals surface area contributed by atoms with Crippen LogP contribution in [0.25, 0.3) is 10.9 Å². The van der Waals surface area contributed by atoms with E-state index in [0.717, 1.165) is 36.7 Å². The fourth-order valence-corrected chi connectivity index (χ4v) is 3.59. The summed E-state index contributed by atoms with van der Waals surface area (Å²) in [6.45, 7) is 5.07. The van der Waals surface area contributed by atoms with Gasteiger partial charge in [0.15, 0.2) is 0 Å². The van der Waals surface area contributed by atoms with Crippen LogP contribution in [0.5, 0.6) is 0 Å². The number of aliphatic hydroxyl groups excluding tert-OH is 1. The van der Waals surface area contributed by atoms with Crippen molar-refractivity contribution in [2.24, 2.45) is 0 Å². The highest BCUT2D eigenvalue weighted by molar-refractivity contribution is 5.99. The third-order valence-electron chi connectivity index (χ3n) is 4.67. The van der Waals surface area contributed by atoms with Gasteiger partial charge < -0.3 is 15.0 Å². The molecule has 0 aliphatic carbocycles. The van der Waals surface area contributed by atoms with Gasteiger partial charge >= 0.3 is 0 Å². The maximum atomic E-state index is 12.9. The number of benzene rings is 1. The van der Waals surface area contributed by atoms with Gasteiger partial charge in [-0.1, -0.05) is 6.07 Å². The molecule has 1 saturated heterocycles. The minimum atomic E-state index is 0.0615. The minimum absolute atomic E-state index is 0.0615. The Labute approximate surface area is 131 Å². The number of hydrogen-bond acceptors (Lipinski definition) is 2. The Hall–Kier alpha value is -1.81. The number of aryl methyl sites for hydroxylation is 2. The molecule has 0 spiro atoms. The highest BCUT2D eigenvalue weighted by Gasteiger charge is 2.28. The molecule has 0 bridgehead atoms. The van der Waals surface area contributed by atoms with Crippen molar-refractivity contribution in [2.45, 2.75) is 45.6 Å². The normalized spacial score (nSPS) is 18.9. The zero-order valence-electron chi connectivity index (χ0n) is 13.4. The lowest BCUT2D eigenvalue weighted by Crippen LogP contribution is -2.44. The van der Waals surface area contributed by atoms with Crippen LogP contribution in [0.3, 0.4) is 0 Å². The Morgan fingerprint density at radius 3 is 2.91 bits per heavy atom. The van der Waals surface area contributed by atoms with Gasteiger partial charge in [0.2, 0.25) is 0 Å². The number of nitrogens with one attached hydrogen (secondary N) is 1. The van der Waals surface area contributed by atoms with E-state index in [-0.39, 0.29) is 18.6 Å². The molecule has 22 heavy (non-hydrogen) atoms. The van der Waals surface area contributed by atoms with Gasteiger partial charge in [-0.15, -0.1) is 0 Å². The van der Waals surface area contributed by atoms with Crippen LogP contribution in [0, 0.1) is 13.8 Å². The van der Waals surface area contributed by atoms with Crippen molar-refractivity contribution >= 4 is 16.8 Å². The molecule has 1 fully saturated rings. The van der Waals surface area contributed by atoms with Crippen molar-refractivity contribution in [3.8, 4) is 0 Å². The maximum Gasteiger partial charge on any atom is 0.270 e. The number of aromatic amines is 1. The Kier molecular flexibility index (Phi) is 4.21. The first-order chi connectivity index (χ1) is 10.6. The zero-order valence-corrected chi connectivity index (χ0v) is 13.4. The number of aliphatic hydroxyl groups is 1. The second-order valence-corrected chi connectivity index (χ2v) is 6.39. The molecular formula is C18H24N2O2. The number of fused-ring (bicyclic) bond motifs is 1. The molecule has 118 valence electrons. The lowest BCUT2D eigenvalue weighted by Gasteiger charge is -2.35. The van der Waals surface area contributed by atoms with Crippen molar-refractivity contribution in [1.82, 2.24) is 9.88 Å². The molecule has 4 nitrogen and oxygen atoms in total. The third kappa shape index (κ3) is 2.75. The smallest absolute Gasteiger partial charge is 0.270 e. The quantitative estimate of drug-likeness (QED) is 0.915. The average Bonchev–Trinajstić information content (AvgIpc) is 2.92. The predicted octanol–water partition coefficient (Wildman–Crippen LogP) is 3.16. The van der Waals surface area contributed by atoms with Crippen molar-refractivity contribution in [3.05, 3.63) is 35.0 Å². The first-order valence-electron chi connectivity index (χ1n) is 8.12. The molecule has 2 heterocycles. The lowest BCUT2D eigenvalue weighted by atomic mass is 9.99. The van der Waals surface area contributed by atoms with Crippen molar-refractivity contribution < 1.29 is 9.90 Å². The van der Waals surface area contributed by atoms with Gasteiger partial charge in [-0.25, -0.2) is 0 Å². The first kappa shape index (κ1) is 15.1. The summed E-state index contributed by atoms with van der Waals surface area (Å²) in [5.41, 5.74) is 4.07. The van der Waals surface area contributed by atoms with Gasteiger partial charge in [0.1, 0.15) is 5.69 Å². The Morgan fingerprint density at radius 1 is 1.32 bits per heavy atom. The number of likely N-dealkylation sites (tertiary alicyclic amines) is 1. The summed E-state index contributed by atoms with van der Waals surface area (Å²) in [4.78, 5) is 18.1. The second kappa shape index (κ2) is 6.13. The van der Waals surface area contributed by atoms with E-state index in [1.807, 2.05) is 11.0 Å². The van der Waals surface area contributed by atoms with E-state index in [0.29, 0.717) is 12.1 Å². The van der Waals surface area contributed by atoms with Gasteiger partial charge in [0.05, 0.1) is 0 Å². The van der Waals surface area contributed by atoms with E-state index < -0.39 is 0 Å². The molecule has 1 aromatic heterocycles. The average molecular weight is 300 g/mol. The molecular weight excluding hydrogens is 276 g/mol. The number of carbonyl (C=O) groups excluding carboxylic acids is 1. The van der Waals surface area contributed by atoms with Crippen LogP contribution in [0.1, 0.15) is 47.3 Å². The van der Waals surface area contributed by atoms with Crippen LogP contribution < -0.4 is 0 Å². The summed E-state index contributed by atoms with van der Waals surface area (Å²) in [5, 5.41) is 10.3. The van der Waals surface area contributed by atoms with Gasteiger partial charge in [-0.3, -0.25) is 4.79 Å². The highest BCUT2D eigenvalue weighted by atomic mass is 16.3. The third-order valence-corrected chi connectivity index (χ3v) is 4.67. The van der Waals surface area contributed by atoms with Gasteiger partial charge in [0, 0.05) is 30.1 Å². The Balaban J connectivity index is 1.92. The summed E-state index contributed by atoms with van der Waals surface area (Å²) in [5.74, 6) is 0.0615. The molecule has 1 unspecified atom stereocenters. The van der Waals surface area contributed by atoms with Crippen LogP contribution >= 0.6 is 0 Å². The van der Waals surface area contributed by atoms with Crippen molar-refractivity contribution in [1.29, 1.82) is 0 Å². The SMILES string of the molecule is Cc1cc(C)c2cc(C(=O)N3CCCCC3CCO)[nH]c2c1. The number of H-pyrrole nitrogens is 1. The molecule has 1 aliphatic heterocycles. The van der Waals surface area contributed by atoms with E-state index >= 15 is 0 Å². The molecule has 3 rings (SSSR count). The summed E-state index contributed by atoms with van der Waals surface area (Å²) in [6.07, 6.45) is 3.85. The van der Waals surface area contributed by atoms with Crippen LogP contribution in [0.2, 0.25) is 0 Å². The van der Waals surface area contributed by atoms with E-state index in [4.69, 9.17) is 0 Å². The molecule has 1 aliphatic rings. The van der Waals surface area contributed by atoms with Gasteiger partial charge in [0.25, 0.3) is 5.91 Å². The summed E-state index contributed by atoms with van der Waals surface area (Å²) >= 11 is 0. The van der Waals surface area contributed by atoms with Crippen LogP contribution in [-0.4, -0.2) is 40.1 Å². The number of rotatable bonds is 3. The van der Waals surface area contributed by atoms with E-state index in [9.17, 15) is 9.90 Å². The van der Waals surface area contributed by atoms with Crippen LogP contribution in [-0.2, 0) is 0 Å². The summed E-state index contributed by atoms with van der Waals surface area (Å²) in [6, 6.07) is 6.36. The molecule has 2 N–H and O–H groups in total. The van der Waals surface area contributed by atoms with E-state index in [2.05, 4.69) is 31.0 Å². The van der Waals surface area contributed by atoms with Gasteiger partial charge in [-0.05, 0) is 62.8 Å². The fraction of sp³-hybridized carbons (Fsp3) is 0.500. The first-order valence-corrected chi connectivity index (χ1v) is 8.12. The van der Waals surface area contributed by atoms with Gasteiger partial charge in [-0.2, -0.15) is 0 Å². The lowest BCUT2D eigenvalue weighted by molar-refractivity contribution is 0.0569. The number of piperidine rings is 1. The summed E-state index contributed by atoms with van der Waals surface area (Å²) < 4.78 is 0. The Bertz CT molecular complexity index is 688. The molecule has 0 saturated carbocycles. The van der Waals surface area contributed by atoms with Crippen LogP contribution in [0.15, 0.2) is 18.2 Å². The number of amides is 1. The molecule has 0 radical (unpaired) electrons. The molecule has 2 aromatic rings. The fourth-order valence-electron chi connectivity index (χ4n) is 3.59. The second-order valence-electron chi connectivity index (χ2n) is 6.39. The van der Waals surface area contributed by atoms with Crippen molar-refractivity contribution in [3.63, 3.8) is 0 Å².